The zero-order chi connectivity index (χ0) is 22.5. The predicted molar refractivity (Wildman–Crippen MR) is 123 cm³/mol. The first-order valence-electron chi connectivity index (χ1n) is 11.3. The number of hydrogen-bond donors (Lipinski definition) is 2. The van der Waals surface area contributed by atoms with Crippen LogP contribution in [0.4, 0.5) is 4.79 Å². The highest BCUT2D eigenvalue weighted by Crippen LogP contribution is 2.32. The number of H-pyrrole nitrogens is 1. The third kappa shape index (κ3) is 5.37. The lowest BCUT2D eigenvalue weighted by Crippen LogP contribution is -2.38. The maximum Gasteiger partial charge on any atom is 0.407 e. The number of amides is 1. The van der Waals surface area contributed by atoms with Crippen LogP contribution in [-0.4, -0.2) is 73.8 Å². The second-order valence-corrected chi connectivity index (χ2v) is 8.15. The molecule has 0 saturated carbocycles. The number of fused-ring (bicyclic) bond motifs is 4. The molecule has 0 radical (unpaired) electrons. The second-order valence-electron chi connectivity index (χ2n) is 8.15. The van der Waals surface area contributed by atoms with E-state index >= 15 is 0 Å². The molecule has 9 heteroatoms. The van der Waals surface area contributed by atoms with Gasteiger partial charge in [0, 0.05) is 37.1 Å². The molecule has 0 spiro atoms. The molecule has 9 nitrogen and oxygen atoms in total. The summed E-state index contributed by atoms with van der Waals surface area (Å²) in [5, 5.41) is 11.4. The normalized spacial score (nSPS) is 17.5. The van der Waals surface area contributed by atoms with Crippen LogP contribution >= 0.6 is 0 Å². The zero-order valence-corrected chi connectivity index (χ0v) is 18.5. The minimum absolute atomic E-state index is 0.142. The highest BCUT2D eigenvalue weighted by atomic mass is 16.5. The smallest absolute Gasteiger partial charge is 0.407 e. The van der Waals surface area contributed by atoms with Gasteiger partial charge < -0.3 is 24.3 Å². The summed E-state index contributed by atoms with van der Waals surface area (Å²) < 4.78 is 22.8. The van der Waals surface area contributed by atoms with Crippen molar-refractivity contribution < 1.29 is 23.7 Å². The van der Waals surface area contributed by atoms with Gasteiger partial charge in [-0.05, 0) is 48.4 Å². The largest absolute Gasteiger partial charge is 0.494 e. The van der Waals surface area contributed by atoms with Gasteiger partial charge in [0.15, 0.2) is 0 Å². The van der Waals surface area contributed by atoms with Crippen LogP contribution in [0, 0.1) is 0 Å². The molecule has 2 aliphatic heterocycles. The van der Waals surface area contributed by atoms with E-state index in [-0.39, 0.29) is 6.61 Å². The SMILES string of the molecule is O=C1NCCCOc2ccc3[nH]nc(c3c2)-c2cc(cc(OCCN3CCOCC3)c2)CO1. The van der Waals surface area contributed by atoms with Crippen molar-refractivity contribution >= 4 is 17.0 Å². The quantitative estimate of drug-likeness (QED) is 0.628. The molecular weight excluding hydrogens is 424 g/mol. The van der Waals surface area contributed by atoms with Crippen LogP contribution in [0.25, 0.3) is 22.2 Å². The molecule has 0 unspecified atom stereocenters. The maximum absolute atomic E-state index is 12.1. The lowest BCUT2D eigenvalue weighted by atomic mass is 10.0. The third-order valence-electron chi connectivity index (χ3n) is 5.78. The van der Waals surface area contributed by atoms with E-state index in [0.717, 1.165) is 66.3 Å². The van der Waals surface area contributed by atoms with Crippen molar-refractivity contribution in [3.8, 4) is 22.8 Å². The lowest BCUT2D eigenvalue weighted by Gasteiger charge is -2.26. The topological polar surface area (TPSA) is 97.9 Å². The highest BCUT2D eigenvalue weighted by molar-refractivity contribution is 5.94. The van der Waals surface area contributed by atoms with Crippen LogP contribution in [0.15, 0.2) is 36.4 Å². The molecule has 0 atom stereocenters. The number of rotatable bonds is 4. The number of aromatic amines is 1. The molecule has 1 saturated heterocycles. The minimum Gasteiger partial charge on any atom is -0.494 e. The van der Waals surface area contributed by atoms with E-state index in [0.29, 0.717) is 31.9 Å². The molecule has 3 aromatic rings. The summed E-state index contributed by atoms with van der Waals surface area (Å²) in [6.07, 6.45) is 0.230. The molecule has 2 N–H and O–H groups in total. The number of cyclic esters (lactones) is 1. The number of ether oxygens (including phenoxy) is 4. The number of nitrogens with zero attached hydrogens (tertiary/aromatic N) is 2. The lowest BCUT2D eigenvalue weighted by molar-refractivity contribution is 0.0322. The average molecular weight is 453 g/mol. The van der Waals surface area contributed by atoms with Gasteiger partial charge in [0.1, 0.15) is 30.4 Å². The van der Waals surface area contributed by atoms with Crippen molar-refractivity contribution in [2.24, 2.45) is 0 Å². The Hall–Kier alpha value is -3.30. The standard InChI is InChI=1S/C24H28N4O5/c29-24-25-4-1-8-31-19-2-3-22-21(15-19)23(27-26-22)18-12-17(16-33-24)13-20(14-18)32-11-7-28-5-9-30-10-6-28/h2-3,12-15H,1,4-11,16H2,(H,25,29)(H,26,27). The first-order valence-corrected chi connectivity index (χ1v) is 11.3. The van der Waals surface area contributed by atoms with Crippen molar-refractivity contribution in [2.45, 2.75) is 13.0 Å². The van der Waals surface area contributed by atoms with E-state index in [1.54, 1.807) is 0 Å². The molecule has 5 rings (SSSR count). The zero-order valence-electron chi connectivity index (χ0n) is 18.5. The predicted octanol–water partition coefficient (Wildman–Crippen LogP) is 2.95. The molecule has 1 amide bonds. The third-order valence-corrected chi connectivity index (χ3v) is 5.78. The van der Waals surface area contributed by atoms with E-state index in [4.69, 9.17) is 18.9 Å². The fourth-order valence-electron chi connectivity index (χ4n) is 4.04. The fraction of sp³-hybridized carbons (Fsp3) is 0.417. The molecule has 1 aromatic heterocycles. The van der Waals surface area contributed by atoms with Gasteiger partial charge in [-0.3, -0.25) is 10.00 Å². The fourth-order valence-corrected chi connectivity index (χ4v) is 4.04. The van der Waals surface area contributed by atoms with Gasteiger partial charge in [0.2, 0.25) is 0 Å². The number of benzene rings is 2. The number of alkyl carbamates (subject to hydrolysis) is 1. The highest BCUT2D eigenvalue weighted by Gasteiger charge is 2.15. The average Bonchev–Trinajstić information content (AvgIpc) is 3.26. The van der Waals surface area contributed by atoms with Gasteiger partial charge in [-0.1, -0.05) is 0 Å². The Morgan fingerprint density at radius 2 is 1.97 bits per heavy atom. The van der Waals surface area contributed by atoms with Gasteiger partial charge in [0.25, 0.3) is 0 Å². The van der Waals surface area contributed by atoms with Crippen LogP contribution in [0.1, 0.15) is 12.0 Å². The van der Waals surface area contributed by atoms with E-state index in [1.807, 2.05) is 36.4 Å². The van der Waals surface area contributed by atoms with Crippen molar-refractivity contribution in [3.63, 3.8) is 0 Å². The number of hydrogen-bond acceptors (Lipinski definition) is 7. The number of morpholine rings is 1. The van der Waals surface area contributed by atoms with Crippen LogP contribution in [0.3, 0.4) is 0 Å². The number of aromatic nitrogens is 2. The molecule has 2 aromatic carbocycles. The van der Waals surface area contributed by atoms with E-state index < -0.39 is 6.09 Å². The van der Waals surface area contributed by atoms with Crippen LogP contribution < -0.4 is 14.8 Å². The molecule has 174 valence electrons. The van der Waals surface area contributed by atoms with Crippen LogP contribution in [0.5, 0.6) is 11.5 Å². The van der Waals surface area contributed by atoms with Gasteiger partial charge >= 0.3 is 6.09 Å². The monoisotopic (exact) mass is 452 g/mol. The number of carbonyl (C=O) groups excluding carboxylic acids is 1. The van der Waals surface area contributed by atoms with E-state index in [2.05, 4.69) is 20.4 Å². The molecular formula is C24H28N4O5. The molecule has 3 heterocycles. The Morgan fingerprint density at radius 1 is 1.06 bits per heavy atom. The summed E-state index contributed by atoms with van der Waals surface area (Å²) in [4.78, 5) is 14.4. The van der Waals surface area contributed by atoms with Gasteiger partial charge in [-0.25, -0.2) is 4.79 Å². The van der Waals surface area contributed by atoms with Crippen molar-refractivity contribution in [1.29, 1.82) is 0 Å². The Balaban J connectivity index is 1.43. The molecule has 1 fully saturated rings. The van der Waals surface area contributed by atoms with Crippen LogP contribution in [0.2, 0.25) is 0 Å². The molecule has 0 aliphatic carbocycles. The first-order chi connectivity index (χ1) is 16.2. The molecule has 2 aliphatic rings. The summed E-state index contributed by atoms with van der Waals surface area (Å²) in [7, 11) is 0. The van der Waals surface area contributed by atoms with Crippen molar-refractivity contribution in [2.75, 3.05) is 52.6 Å². The number of nitrogens with one attached hydrogen (secondary N) is 2. The molecule has 33 heavy (non-hydrogen) atoms. The van der Waals surface area contributed by atoms with Crippen molar-refractivity contribution in [1.82, 2.24) is 20.4 Å². The van der Waals surface area contributed by atoms with E-state index in [1.165, 1.54) is 0 Å². The maximum atomic E-state index is 12.1. The second kappa shape index (κ2) is 10.1. The minimum atomic E-state index is -0.451. The Kier molecular flexibility index (Phi) is 6.59. The summed E-state index contributed by atoms with van der Waals surface area (Å²) in [5.74, 6) is 1.48. The Morgan fingerprint density at radius 3 is 2.88 bits per heavy atom. The summed E-state index contributed by atoms with van der Waals surface area (Å²) in [6, 6.07) is 11.7. The summed E-state index contributed by atoms with van der Waals surface area (Å²) in [6.45, 7) is 5.86. The van der Waals surface area contributed by atoms with Crippen LogP contribution in [-0.2, 0) is 16.1 Å². The molecule has 4 bridgehead atoms. The van der Waals surface area contributed by atoms with Gasteiger partial charge in [0.05, 0.1) is 25.3 Å². The first kappa shape index (κ1) is 21.5. The Labute approximate surface area is 191 Å². The Bertz CT molecular complexity index is 1110. The van der Waals surface area contributed by atoms with Crippen molar-refractivity contribution in [3.05, 3.63) is 42.0 Å². The summed E-state index contributed by atoms with van der Waals surface area (Å²) >= 11 is 0. The summed E-state index contributed by atoms with van der Waals surface area (Å²) in [5.41, 5.74) is 3.45. The number of carbonyl (C=O) groups is 1. The van der Waals surface area contributed by atoms with Gasteiger partial charge in [-0.15, -0.1) is 0 Å². The van der Waals surface area contributed by atoms with Gasteiger partial charge in [-0.2, -0.15) is 5.10 Å². The van der Waals surface area contributed by atoms with E-state index in [9.17, 15) is 4.79 Å².